The van der Waals surface area contributed by atoms with Crippen molar-refractivity contribution in [3.63, 3.8) is 0 Å². The van der Waals surface area contributed by atoms with Crippen LogP contribution in [-0.2, 0) is 0 Å². The fourth-order valence-electron chi connectivity index (χ4n) is 0.885. The average Bonchev–Trinajstić information content (AvgIpc) is 1.94. The van der Waals surface area contributed by atoms with E-state index < -0.39 is 0 Å². The third-order valence-corrected chi connectivity index (χ3v) is 1.57. The first-order valence-corrected chi connectivity index (χ1v) is 3.49. The SMILES string of the molecule is CC(C)c1cnnc(N)c1N. The fraction of sp³-hybridized carbons (Fsp3) is 0.429. The fourth-order valence-corrected chi connectivity index (χ4v) is 0.885. The molecule has 0 unspecified atom stereocenters. The molecule has 0 fully saturated rings. The predicted molar refractivity (Wildman–Crippen MR) is 44.9 cm³/mol. The van der Waals surface area contributed by atoms with Crippen molar-refractivity contribution in [2.24, 2.45) is 0 Å². The summed E-state index contributed by atoms with van der Waals surface area (Å²) in [6.07, 6.45) is 1.65. The van der Waals surface area contributed by atoms with Gasteiger partial charge in [-0.2, -0.15) is 5.10 Å². The Morgan fingerprint density at radius 2 is 2.00 bits per heavy atom. The molecule has 4 N–H and O–H groups in total. The van der Waals surface area contributed by atoms with Crippen molar-refractivity contribution in [2.45, 2.75) is 19.8 Å². The topological polar surface area (TPSA) is 77.8 Å². The molecule has 0 bridgehead atoms. The Kier molecular flexibility index (Phi) is 1.94. The number of rotatable bonds is 1. The second kappa shape index (κ2) is 2.74. The molecule has 0 atom stereocenters. The summed E-state index contributed by atoms with van der Waals surface area (Å²) in [6, 6.07) is 0. The summed E-state index contributed by atoms with van der Waals surface area (Å²) in [5.74, 6) is 0.656. The van der Waals surface area contributed by atoms with Crippen LogP contribution in [0.1, 0.15) is 25.3 Å². The van der Waals surface area contributed by atoms with E-state index in [1.807, 2.05) is 13.8 Å². The van der Waals surface area contributed by atoms with Crippen LogP contribution < -0.4 is 11.5 Å². The maximum atomic E-state index is 5.66. The molecule has 1 rings (SSSR count). The summed E-state index contributed by atoms with van der Waals surface area (Å²) < 4.78 is 0. The second-order valence-electron chi connectivity index (χ2n) is 2.75. The minimum Gasteiger partial charge on any atom is -0.395 e. The lowest BCUT2D eigenvalue weighted by atomic mass is 10.0. The van der Waals surface area contributed by atoms with Gasteiger partial charge >= 0.3 is 0 Å². The molecule has 0 aromatic carbocycles. The van der Waals surface area contributed by atoms with Crippen molar-refractivity contribution >= 4 is 11.5 Å². The molecular weight excluding hydrogens is 140 g/mol. The van der Waals surface area contributed by atoms with Gasteiger partial charge in [-0.1, -0.05) is 13.8 Å². The van der Waals surface area contributed by atoms with E-state index >= 15 is 0 Å². The number of anilines is 2. The van der Waals surface area contributed by atoms with Gasteiger partial charge in [0.05, 0.1) is 11.9 Å². The minimum atomic E-state index is 0.316. The highest BCUT2D eigenvalue weighted by Gasteiger charge is 2.06. The lowest BCUT2D eigenvalue weighted by Crippen LogP contribution is -2.04. The van der Waals surface area contributed by atoms with Crippen LogP contribution >= 0.6 is 0 Å². The van der Waals surface area contributed by atoms with Crippen LogP contribution in [0.25, 0.3) is 0 Å². The van der Waals surface area contributed by atoms with Crippen molar-refractivity contribution in [1.82, 2.24) is 10.2 Å². The molecule has 0 aliphatic rings. The van der Waals surface area contributed by atoms with Crippen molar-refractivity contribution < 1.29 is 0 Å². The molecule has 0 spiro atoms. The standard InChI is InChI=1S/C7H12N4/c1-4(2)5-3-10-11-7(9)6(5)8/h3-4H,1-2H3,(H2,8,10)(H2,9,11). The number of nitrogen functional groups attached to an aromatic ring is 2. The molecule has 1 heterocycles. The number of aromatic nitrogens is 2. The summed E-state index contributed by atoms with van der Waals surface area (Å²) in [6.45, 7) is 4.07. The first-order valence-electron chi connectivity index (χ1n) is 3.49. The van der Waals surface area contributed by atoms with Crippen LogP contribution in [0.2, 0.25) is 0 Å². The van der Waals surface area contributed by atoms with E-state index in [2.05, 4.69) is 10.2 Å². The Morgan fingerprint density at radius 1 is 1.36 bits per heavy atom. The molecule has 11 heavy (non-hydrogen) atoms. The van der Waals surface area contributed by atoms with Gasteiger partial charge in [0.15, 0.2) is 5.82 Å². The van der Waals surface area contributed by atoms with E-state index in [1.54, 1.807) is 6.20 Å². The number of nitrogens with two attached hydrogens (primary N) is 2. The highest BCUT2D eigenvalue weighted by atomic mass is 15.1. The summed E-state index contributed by atoms with van der Waals surface area (Å²) in [7, 11) is 0. The second-order valence-corrected chi connectivity index (χ2v) is 2.75. The minimum absolute atomic E-state index is 0.316. The molecule has 0 aliphatic heterocycles. The summed E-state index contributed by atoms with van der Waals surface area (Å²) in [4.78, 5) is 0. The number of nitrogens with zero attached hydrogens (tertiary/aromatic N) is 2. The quantitative estimate of drug-likeness (QED) is 0.622. The Labute approximate surface area is 65.6 Å². The van der Waals surface area contributed by atoms with Gasteiger partial charge in [0, 0.05) is 5.56 Å². The van der Waals surface area contributed by atoms with E-state index in [0.29, 0.717) is 17.4 Å². The molecule has 4 heteroatoms. The van der Waals surface area contributed by atoms with E-state index in [9.17, 15) is 0 Å². The van der Waals surface area contributed by atoms with Gasteiger partial charge in [0.25, 0.3) is 0 Å². The van der Waals surface area contributed by atoms with Gasteiger partial charge < -0.3 is 11.5 Å². The summed E-state index contributed by atoms with van der Waals surface area (Å²) >= 11 is 0. The molecule has 0 saturated carbocycles. The van der Waals surface area contributed by atoms with Gasteiger partial charge in [0.2, 0.25) is 0 Å². The van der Waals surface area contributed by atoms with Crippen molar-refractivity contribution in [3.05, 3.63) is 11.8 Å². The lowest BCUT2D eigenvalue weighted by molar-refractivity contribution is 0.848. The largest absolute Gasteiger partial charge is 0.395 e. The lowest BCUT2D eigenvalue weighted by Gasteiger charge is -2.08. The highest BCUT2D eigenvalue weighted by Crippen LogP contribution is 2.22. The summed E-state index contributed by atoms with van der Waals surface area (Å²) in [5, 5.41) is 7.34. The van der Waals surface area contributed by atoms with Crippen LogP contribution in [0.3, 0.4) is 0 Å². The van der Waals surface area contributed by atoms with Gasteiger partial charge in [0.1, 0.15) is 0 Å². The zero-order valence-electron chi connectivity index (χ0n) is 6.70. The van der Waals surface area contributed by atoms with Gasteiger partial charge in [-0.15, -0.1) is 5.10 Å². The van der Waals surface area contributed by atoms with Crippen LogP contribution in [0.4, 0.5) is 11.5 Å². The predicted octanol–water partition coefficient (Wildman–Crippen LogP) is 0.764. The summed E-state index contributed by atoms with van der Waals surface area (Å²) in [5.41, 5.74) is 12.6. The van der Waals surface area contributed by atoms with E-state index in [1.165, 1.54) is 0 Å². The first kappa shape index (κ1) is 7.78. The third-order valence-electron chi connectivity index (χ3n) is 1.57. The molecule has 4 nitrogen and oxygen atoms in total. The molecular formula is C7H12N4. The number of hydrogen-bond donors (Lipinski definition) is 2. The molecule has 0 saturated heterocycles. The van der Waals surface area contributed by atoms with E-state index in [4.69, 9.17) is 11.5 Å². The Hall–Kier alpha value is -1.32. The smallest absolute Gasteiger partial charge is 0.169 e. The zero-order chi connectivity index (χ0) is 8.43. The maximum absolute atomic E-state index is 5.66. The Bertz CT molecular complexity index is 257. The van der Waals surface area contributed by atoms with Crippen LogP contribution in [-0.4, -0.2) is 10.2 Å². The third kappa shape index (κ3) is 1.39. The van der Waals surface area contributed by atoms with Crippen molar-refractivity contribution in [3.8, 4) is 0 Å². The molecule has 0 aliphatic carbocycles. The number of hydrogen-bond acceptors (Lipinski definition) is 4. The van der Waals surface area contributed by atoms with Crippen molar-refractivity contribution in [2.75, 3.05) is 11.5 Å². The average molecular weight is 152 g/mol. The zero-order valence-corrected chi connectivity index (χ0v) is 6.70. The van der Waals surface area contributed by atoms with E-state index in [-0.39, 0.29) is 0 Å². The van der Waals surface area contributed by atoms with Crippen LogP contribution in [0.5, 0.6) is 0 Å². The molecule has 60 valence electrons. The van der Waals surface area contributed by atoms with E-state index in [0.717, 1.165) is 5.56 Å². The normalized spacial score (nSPS) is 10.5. The molecule has 0 radical (unpaired) electrons. The van der Waals surface area contributed by atoms with Crippen LogP contribution in [0, 0.1) is 0 Å². The Morgan fingerprint density at radius 3 is 2.45 bits per heavy atom. The van der Waals surface area contributed by atoms with Crippen LogP contribution in [0.15, 0.2) is 6.20 Å². The molecule has 1 aromatic rings. The highest BCUT2D eigenvalue weighted by molar-refractivity contribution is 5.62. The molecule has 0 amide bonds. The van der Waals surface area contributed by atoms with Gasteiger partial charge in [-0.3, -0.25) is 0 Å². The molecule has 1 aromatic heterocycles. The first-order chi connectivity index (χ1) is 5.13. The Balaban J connectivity index is 3.17. The van der Waals surface area contributed by atoms with Gasteiger partial charge in [-0.05, 0) is 5.92 Å². The maximum Gasteiger partial charge on any atom is 0.169 e. The monoisotopic (exact) mass is 152 g/mol. The van der Waals surface area contributed by atoms with Crippen molar-refractivity contribution in [1.29, 1.82) is 0 Å². The van der Waals surface area contributed by atoms with Gasteiger partial charge in [-0.25, -0.2) is 0 Å².